The topological polar surface area (TPSA) is 6.48 Å². The molecule has 2 nitrogen and oxygen atoms in total. The van der Waals surface area contributed by atoms with Gasteiger partial charge >= 0.3 is 6.85 Å². The third kappa shape index (κ3) is 5.31. The predicted octanol–water partition coefficient (Wildman–Crippen LogP) is 13.3. The molecule has 1 aliphatic carbocycles. The van der Waals surface area contributed by atoms with Gasteiger partial charge in [-0.25, -0.2) is 0 Å². The lowest BCUT2D eigenvalue weighted by molar-refractivity contribution is 0.590. The minimum atomic E-state index is -0.232. The largest absolute Gasteiger partial charge is 0.376 e. The van der Waals surface area contributed by atoms with Crippen LogP contribution in [-0.4, -0.2) is 6.85 Å². The Hall–Kier alpha value is -5.80. The number of hydrogen-bond donors (Lipinski definition) is 0. The van der Waals surface area contributed by atoms with E-state index in [1.807, 2.05) is 0 Å². The van der Waals surface area contributed by atoms with E-state index in [1.165, 1.54) is 101 Å². The molecule has 2 aliphatic heterocycles. The fraction of sp³-hybridized carbons (Fsp3) is 0.222. The maximum atomic E-state index is 2.67. The summed E-state index contributed by atoms with van der Waals surface area (Å²) in [6.45, 7) is 21.0. The average molecular weight is 739 g/mol. The van der Waals surface area contributed by atoms with Crippen LogP contribution in [0.1, 0.15) is 83.2 Å². The molecule has 7 aromatic rings. The Morgan fingerprint density at radius 3 is 1.88 bits per heavy atom. The van der Waals surface area contributed by atoms with Crippen molar-refractivity contribution in [3.05, 3.63) is 173 Å². The van der Waals surface area contributed by atoms with E-state index in [-0.39, 0.29) is 23.1 Å². The van der Waals surface area contributed by atoms with E-state index in [9.17, 15) is 0 Å². The lowest BCUT2D eigenvalue weighted by atomic mass is 9.43. The average Bonchev–Trinajstić information content (AvgIpc) is 3.43. The summed E-state index contributed by atoms with van der Waals surface area (Å²) in [7, 11) is 0. The van der Waals surface area contributed by atoms with E-state index in [0.717, 1.165) is 0 Å². The molecule has 0 aromatic heterocycles. The number of rotatable bonds is 3. The van der Waals surface area contributed by atoms with Crippen LogP contribution in [0.3, 0.4) is 0 Å². The second-order valence-corrected chi connectivity index (χ2v) is 19.1. The molecule has 0 amide bonds. The molecule has 0 N–H and O–H groups in total. The summed E-state index contributed by atoms with van der Waals surface area (Å²) < 4.78 is 0. The molecule has 0 atom stereocenters. The van der Waals surface area contributed by atoms with Crippen molar-refractivity contribution in [3.63, 3.8) is 0 Å². The van der Waals surface area contributed by atoms with E-state index >= 15 is 0 Å². The first-order valence-corrected chi connectivity index (χ1v) is 20.6. The van der Waals surface area contributed by atoms with Crippen LogP contribution in [0.25, 0.3) is 33.4 Å². The Morgan fingerprint density at radius 2 is 1.16 bits per heavy atom. The monoisotopic (exact) mass is 738 g/mol. The molecule has 0 unspecified atom stereocenters. The Labute approximate surface area is 340 Å². The summed E-state index contributed by atoms with van der Waals surface area (Å²) in [4.78, 5) is 5.31. The first-order valence-electron chi connectivity index (χ1n) is 20.6. The van der Waals surface area contributed by atoms with Crippen molar-refractivity contribution >= 4 is 46.2 Å². The zero-order valence-electron chi connectivity index (χ0n) is 34.8. The van der Waals surface area contributed by atoms with Crippen molar-refractivity contribution in [2.75, 3.05) is 9.71 Å². The second-order valence-electron chi connectivity index (χ2n) is 19.1. The van der Waals surface area contributed by atoms with Gasteiger partial charge in [-0.05, 0) is 115 Å². The van der Waals surface area contributed by atoms with Crippen LogP contribution in [0.5, 0.6) is 0 Å². The van der Waals surface area contributed by atoms with E-state index in [1.54, 1.807) is 0 Å². The van der Waals surface area contributed by atoms with Gasteiger partial charge in [-0.1, -0.05) is 165 Å². The fourth-order valence-electron chi connectivity index (χ4n) is 10.1. The number of para-hydroxylation sites is 1. The third-order valence-corrected chi connectivity index (χ3v) is 13.0. The van der Waals surface area contributed by atoms with E-state index in [2.05, 4.69) is 218 Å². The summed E-state index contributed by atoms with van der Waals surface area (Å²) in [5.74, 6) is 0. The highest BCUT2D eigenvalue weighted by Gasteiger charge is 2.49. The van der Waals surface area contributed by atoms with Crippen molar-refractivity contribution in [3.8, 4) is 33.4 Å². The minimum Gasteiger partial charge on any atom is -0.376 e. The van der Waals surface area contributed by atoms with Gasteiger partial charge < -0.3 is 9.71 Å². The first kappa shape index (κ1) is 35.6. The van der Waals surface area contributed by atoms with Crippen molar-refractivity contribution in [2.45, 2.75) is 78.6 Å². The SMILES string of the molecule is Cc1cc2c3c(c1)N(c1ccc(C(C)(C)C)cc1-c1ccccc1)c1c(ccc4c1C(C)(C)c1ccccc1-4)B3N(c1ccc(C(C)(C)C)cc1)c1ccccc1-2. The first-order chi connectivity index (χ1) is 27.2. The molecule has 10 rings (SSSR count). The summed E-state index contributed by atoms with van der Waals surface area (Å²) in [5.41, 5.74) is 23.2. The fourth-order valence-corrected chi connectivity index (χ4v) is 10.1. The predicted molar refractivity (Wildman–Crippen MR) is 245 cm³/mol. The molecule has 0 radical (unpaired) electrons. The molecule has 2 heterocycles. The minimum absolute atomic E-state index is 0.00685. The number of aryl methyl sites for hydroxylation is 1. The van der Waals surface area contributed by atoms with Crippen molar-refractivity contribution in [1.29, 1.82) is 0 Å². The van der Waals surface area contributed by atoms with Crippen molar-refractivity contribution < 1.29 is 0 Å². The molecule has 0 saturated carbocycles. The smallest absolute Gasteiger partial charge is 0.333 e. The second kappa shape index (κ2) is 12.4. The Morgan fingerprint density at radius 1 is 0.509 bits per heavy atom. The molecule has 3 heteroatoms. The molecule has 0 fully saturated rings. The Balaban J connectivity index is 1.35. The number of benzene rings is 7. The van der Waals surface area contributed by atoms with E-state index in [4.69, 9.17) is 0 Å². The highest BCUT2D eigenvalue weighted by molar-refractivity contribution is 6.93. The van der Waals surface area contributed by atoms with Gasteiger partial charge in [-0.3, -0.25) is 0 Å². The van der Waals surface area contributed by atoms with Crippen LogP contribution in [-0.2, 0) is 16.2 Å². The molecular weight excluding hydrogens is 687 g/mol. The lowest BCUT2D eigenvalue weighted by Gasteiger charge is -2.47. The normalized spacial score (nSPS) is 14.8. The van der Waals surface area contributed by atoms with Gasteiger partial charge in [0.15, 0.2) is 0 Å². The van der Waals surface area contributed by atoms with Crippen LogP contribution < -0.4 is 20.6 Å². The van der Waals surface area contributed by atoms with E-state index < -0.39 is 0 Å². The number of anilines is 5. The van der Waals surface area contributed by atoms with Crippen LogP contribution in [0.15, 0.2) is 146 Å². The zero-order valence-corrected chi connectivity index (χ0v) is 34.8. The van der Waals surface area contributed by atoms with Gasteiger partial charge in [-0.2, -0.15) is 0 Å². The number of nitrogens with zero attached hydrogens (tertiary/aromatic N) is 2. The molecular formula is C54H51BN2. The summed E-state index contributed by atoms with van der Waals surface area (Å²) >= 11 is 0. The molecule has 3 aliphatic rings. The van der Waals surface area contributed by atoms with Gasteiger partial charge in [0.2, 0.25) is 0 Å². The number of fused-ring (bicyclic) bond motifs is 8. The zero-order chi connectivity index (χ0) is 39.6. The molecule has 7 aromatic carbocycles. The molecule has 280 valence electrons. The van der Waals surface area contributed by atoms with Crippen molar-refractivity contribution in [1.82, 2.24) is 0 Å². The van der Waals surface area contributed by atoms with E-state index in [0.29, 0.717) is 0 Å². The molecule has 0 spiro atoms. The van der Waals surface area contributed by atoms with Gasteiger partial charge in [-0.15, -0.1) is 0 Å². The standard InChI is InChI=1S/C54H51BN2/c1-34-31-43-40-20-14-16-22-47(40)57(38-26-23-36(24-27-38)52(2,3)4)55-45-29-28-41-39-19-13-15-21-44(39)54(8,9)49(41)51(45)56(48(32-34)50(43)55)46-30-25-37(53(5,6)7)33-42(46)35-17-11-10-12-18-35/h10-33H,1-9H3. The highest BCUT2D eigenvalue weighted by Crippen LogP contribution is 2.57. The molecule has 0 saturated heterocycles. The summed E-state index contributed by atoms with van der Waals surface area (Å²) in [6.07, 6.45) is 0. The third-order valence-electron chi connectivity index (χ3n) is 13.0. The van der Waals surface area contributed by atoms with Crippen molar-refractivity contribution in [2.24, 2.45) is 0 Å². The van der Waals surface area contributed by atoms with Crippen LogP contribution in [0.4, 0.5) is 28.4 Å². The summed E-state index contributed by atoms with van der Waals surface area (Å²) in [6, 6.07) is 55.6. The Kier molecular flexibility index (Phi) is 7.72. The Bertz CT molecular complexity index is 2740. The number of hydrogen-bond acceptors (Lipinski definition) is 2. The lowest BCUT2D eigenvalue weighted by Crippen LogP contribution is -2.62. The highest BCUT2D eigenvalue weighted by atomic mass is 15.2. The maximum Gasteiger partial charge on any atom is 0.333 e. The quantitative estimate of drug-likeness (QED) is 0.167. The molecule has 0 bridgehead atoms. The summed E-state index contributed by atoms with van der Waals surface area (Å²) in [5, 5.41) is 0. The van der Waals surface area contributed by atoms with Crippen LogP contribution in [0, 0.1) is 6.92 Å². The maximum absolute atomic E-state index is 2.67. The van der Waals surface area contributed by atoms with Gasteiger partial charge in [0, 0.05) is 39.3 Å². The van der Waals surface area contributed by atoms with Gasteiger partial charge in [0.1, 0.15) is 0 Å². The van der Waals surface area contributed by atoms with Crippen LogP contribution >= 0.6 is 0 Å². The van der Waals surface area contributed by atoms with Gasteiger partial charge in [0.05, 0.1) is 5.69 Å². The molecule has 57 heavy (non-hydrogen) atoms. The van der Waals surface area contributed by atoms with Crippen LogP contribution in [0.2, 0.25) is 0 Å². The van der Waals surface area contributed by atoms with Gasteiger partial charge in [0.25, 0.3) is 0 Å².